The Bertz CT molecular complexity index is 1610. The number of aromatic nitrogens is 5. The number of nitrogens with zero attached hydrogens (tertiary/aromatic N) is 5. The number of piperidine rings is 1. The Morgan fingerprint density at radius 2 is 2.03 bits per heavy atom. The van der Waals surface area contributed by atoms with Gasteiger partial charge in [0.05, 0.1) is 34.2 Å². The summed E-state index contributed by atoms with van der Waals surface area (Å²) < 4.78 is 0. The maximum absolute atomic E-state index is 9.75. The lowest BCUT2D eigenvalue weighted by atomic mass is 10.1. The minimum absolute atomic E-state index is 0.0259. The van der Waals surface area contributed by atoms with E-state index in [-0.39, 0.29) is 18.4 Å². The van der Waals surface area contributed by atoms with Crippen LogP contribution in [0.4, 0.5) is 11.5 Å². The second-order valence-corrected chi connectivity index (χ2v) is 10.4. The van der Waals surface area contributed by atoms with E-state index in [2.05, 4.69) is 31.2 Å². The van der Waals surface area contributed by atoms with Crippen molar-refractivity contribution in [2.75, 3.05) is 37.0 Å². The van der Waals surface area contributed by atoms with E-state index in [0.717, 1.165) is 62.5 Å². The van der Waals surface area contributed by atoms with Crippen LogP contribution in [0.15, 0.2) is 58.8 Å². The van der Waals surface area contributed by atoms with Crippen LogP contribution < -0.4 is 16.0 Å². The molecular weight excluding hydrogens is 460 g/mol. The molecule has 10 heteroatoms. The summed E-state index contributed by atoms with van der Waals surface area (Å²) in [6.45, 7) is 1.58. The van der Waals surface area contributed by atoms with Crippen LogP contribution in [0, 0.1) is 11.8 Å². The molecule has 2 aliphatic rings. The lowest BCUT2D eigenvalue weighted by Crippen LogP contribution is -2.40. The fourth-order valence-corrected chi connectivity index (χ4v) is 6.30. The summed E-state index contributed by atoms with van der Waals surface area (Å²) >= 11 is 1.47. The summed E-state index contributed by atoms with van der Waals surface area (Å²) in [5.41, 5.74) is 10.4. The van der Waals surface area contributed by atoms with Crippen molar-refractivity contribution in [1.82, 2.24) is 24.9 Å². The maximum atomic E-state index is 9.75. The summed E-state index contributed by atoms with van der Waals surface area (Å²) in [5, 5.41) is 15.7. The van der Waals surface area contributed by atoms with Crippen molar-refractivity contribution in [3.05, 3.63) is 48.8 Å². The zero-order valence-electron chi connectivity index (χ0n) is 19.1. The smallest absolute Gasteiger partial charge is 0.196 e. The summed E-state index contributed by atoms with van der Waals surface area (Å²) in [7, 11) is 1.92. The van der Waals surface area contributed by atoms with E-state index in [1.54, 1.807) is 6.20 Å². The number of benzene rings is 1. The predicted molar refractivity (Wildman–Crippen MR) is 138 cm³/mol. The lowest BCUT2D eigenvalue weighted by molar-refractivity contribution is 0.237. The molecule has 7 rings (SSSR count). The zero-order chi connectivity index (χ0) is 23.7. The number of aliphatic hydroxyl groups excluding tert-OH is 1. The molecule has 0 amide bonds. The van der Waals surface area contributed by atoms with Crippen molar-refractivity contribution in [3.63, 3.8) is 0 Å². The number of para-hydroxylation sites is 1. The molecular formula is C25H24N8OS. The topological polar surface area (TPSA) is 129 Å². The summed E-state index contributed by atoms with van der Waals surface area (Å²) in [4.78, 5) is 25.7. The van der Waals surface area contributed by atoms with Crippen molar-refractivity contribution in [2.24, 2.45) is 17.6 Å². The number of aromatic amines is 1. The second-order valence-electron chi connectivity index (χ2n) is 9.36. The highest BCUT2D eigenvalue weighted by Gasteiger charge is 2.66. The van der Waals surface area contributed by atoms with Gasteiger partial charge in [0, 0.05) is 60.2 Å². The molecule has 35 heavy (non-hydrogen) atoms. The summed E-state index contributed by atoms with van der Waals surface area (Å²) in [6.07, 6.45) is 3.60. The maximum Gasteiger partial charge on any atom is 0.196 e. The van der Waals surface area contributed by atoms with Crippen LogP contribution in [0.3, 0.4) is 0 Å². The third-order valence-corrected chi connectivity index (χ3v) is 8.34. The average Bonchev–Trinajstić information content (AvgIpc) is 3.23. The molecule has 5 heterocycles. The van der Waals surface area contributed by atoms with Gasteiger partial charge in [0.2, 0.25) is 0 Å². The number of hydrogen-bond acceptors (Lipinski definition) is 9. The first-order valence-electron chi connectivity index (χ1n) is 11.6. The van der Waals surface area contributed by atoms with Crippen molar-refractivity contribution in [1.29, 1.82) is 0 Å². The quantitative estimate of drug-likeness (QED) is 0.278. The van der Waals surface area contributed by atoms with Gasteiger partial charge in [-0.25, -0.2) is 9.97 Å². The number of nitrogens with two attached hydrogens (primary N) is 1. The van der Waals surface area contributed by atoms with Gasteiger partial charge in [-0.05, 0) is 36.0 Å². The minimum Gasteiger partial charge on any atom is -0.394 e. The molecule has 9 nitrogen and oxygen atoms in total. The largest absolute Gasteiger partial charge is 0.394 e. The summed E-state index contributed by atoms with van der Waals surface area (Å²) in [6, 6.07) is 12.0. The van der Waals surface area contributed by atoms with Gasteiger partial charge in [0.1, 0.15) is 11.5 Å². The van der Waals surface area contributed by atoms with Crippen LogP contribution in [-0.4, -0.2) is 62.3 Å². The Kier molecular flexibility index (Phi) is 4.48. The number of pyridine rings is 2. The fourth-order valence-electron chi connectivity index (χ4n) is 5.54. The van der Waals surface area contributed by atoms with Crippen LogP contribution in [0.1, 0.15) is 0 Å². The van der Waals surface area contributed by atoms with Gasteiger partial charge in [-0.2, -0.15) is 0 Å². The number of rotatable bonds is 5. The van der Waals surface area contributed by atoms with Crippen LogP contribution in [0.5, 0.6) is 0 Å². The molecule has 1 aliphatic carbocycles. The highest BCUT2D eigenvalue weighted by Crippen LogP contribution is 2.54. The Hall–Kier alpha value is -3.47. The molecule has 4 aromatic heterocycles. The summed E-state index contributed by atoms with van der Waals surface area (Å²) in [5.74, 6) is 1.46. The number of nitrogens with one attached hydrogen (secondary N) is 2. The van der Waals surface area contributed by atoms with E-state index in [0.29, 0.717) is 5.16 Å². The van der Waals surface area contributed by atoms with E-state index in [4.69, 9.17) is 15.7 Å². The number of aliphatic hydroxyl groups is 1. The second kappa shape index (κ2) is 7.51. The Labute approximate surface area is 205 Å². The first kappa shape index (κ1) is 20.9. The molecule has 2 fully saturated rings. The Balaban J connectivity index is 1.35. The Morgan fingerprint density at radius 3 is 2.83 bits per heavy atom. The molecule has 1 saturated carbocycles. The van der Waals surface area contributed by atoms with Crippen LogP contribution in [0.25, 0.3) is 33.0 Å². The highest BCUT2D eigenvalue weighted by molar-refractivity contribution is 7.99. The third-order valence-electron chi connectivity index (χ3n) is 7.52. The van der Waals surface area contributed by atoms with Gasteiger partial charge in [0.15, 0.2) is 5.16 Å². The van der Waals surface area contributed by atoms with Crippen LogP contribution in [-0.2, 0) is 0 Å². The standard InChI is InChI=1S/C25H24N8OS/c1-27-18-5-2-4-14-20-22(30-21(14)18)31-24(35-13-8-19-17(29-9-13)6-3-7-28-19)32-23(20)33-10-15-16(11-33)25(15,26)12-34/h2-9,15-16,27,34H,10-12,26H2,1H3,(H,30,31,32). The zero-order valence-corrected chi connectivity index (χ0v) is 19.9. The molecule has 2 unspecified atom stereocenters. The number of H-pyrrole nitrogens is 1. The van der Waals surface area contributed by atoms with Crippen LogP contribution in [0.2, 0.25) is 0 Å². The van der Waals surface area contributed by atoms with Crippen LogP contribution >= 0.6 is 11.8 Å². The predicted octanol–water partition coefficient (Wildman–Crippen LogP) is 3.00. The highest BCUT2D eigenvalue weighted by atomic mass is 32.2. The minimum atomic E-state index is -0.455. The molecule has 5 aromatic rings. The van der Waals surface area contributed by atoms with Crippen molar-refractivity contribution < 1.29 is 5.11 Å². The molecule has 0 radical (unpaired) electrons. The third kappa shape index (κ3) is 3.10. The van der Waals surface area contributed by atoms with E-state index in [1.807, 2.05) is 43.6 Å². The molecule has 176 valence electrons. The normalized spacial score (nSPS) is 23.3. The van der Waals surface area contributed by atoms with E-state index in [9.17, 15) is 5.11 Å². The van der Waals surface area contributed by atoms with Crippen molar-refractivity contribution in [3.8, 4) is 0 Å². The van der Waals surface area contributed by atoms with Gasteiger partial charge in [-0.1, -0.05) is 12.1 Å². The molecule has 1 saturated heterocycles. The van der Waals surface area contributed by atoms with Gasteiger partial charge in [-0.15, -0.1) is 0 Å². The molecule has 1 aromatic carbocycles. The molecule has 5 N–H and O–H groups in total. The van der Waals surface area contributed by atoms with E-state index < -0.39 is 5.54 Å². The molecule has 0 bridgehead atoms. The first-order valence-corrected chi connectivity index (χ1v) is 12.4. The van der Waals surface area contributed by atoms with Gasteiger partial charge in [0.25, 0.3) is 0 Å². The van der Waals surface area contributed by atoms with Gasteiger partial charge >= 0.3 is 0 Å². The lowest BCUT2D eigenvalue weighted by Gasteiger charge is -2.25. The fraction of sp³-hybridized carbons (Fsp3) is 0.280. The first-order chi connectivity index (χ1) is 17.1. The molecule has 0 spiro atoms. The molecule has 2 atom stereocenters. The van der Waals surface area contributed by atoms with Crippen molar-refractivity contribution in [2.45, 2.75) is 15.6 Å². The van der Waals surface area contributed by atoms with Crippen molar-refractivity contribution >= 4 is 56.2 Å². The van der Waals surface area contributed by atoms with Gasteiger partial charge < -0.3 is 26.0 Å². The van der Waals surface area contributed by atoms with E-state index >= 15 is 0 Å². The van der Waals surface area contributed by atoms with E-state index in [1.165, 1.54) is 11.8 Å². The van der Waals surface area contributed by atoms with Gasteiger partial charge in [-0.3, -0.25) is 9.97 Å². The SMILES string of the molecule is CNc1cccc2c1[nH]c1nc(Sc3cnc4cccnc4c3)nc(N3CC4C(C3)C4(N)CO)c12. The molecule has 1 aliphatic heterocycles. The monoisotopic (exact) mass is 484 g/mol. The number of anilines is 2. The Morgan fingerprint density at radius 1 is 1.17 bits per heavy atom. The number of hydrogen-bond donors (Lipinski definition) is 4. The number of fused-ring (bicyclic) bond motifs is 5. The average molecular weight is 485 g/mol.